The van der Waals surface area contributed by atoms with Gasteiger partial charge in [0.15, 0.2) is 0 Å². The van der Waals surface area contributed by atoms with E-state index in [1.165, 1.54) is 27.8 Å². The summed E-state index contributed by atoms with van der Waals surface area (Å²) < 4.78 is 0. The van der Waals surface area contributed by atoms with Crippen LogP contribution in [0.5, 0.6) is 0 Å². The zero-order valence-corrected chi connectivity index (χ0v) is 13.8. The Morgan fingerprint density at radius 2 is 1.36 bits per heavy atom. The fraction of sp³-hybridized carbons (Fsp3) is 0.190. The van der Waals surface area contributed by atoms with Crippen LogP contribution in [0.3, 0.4) is 0 Å². The van der Waals surface area contributed by atoms with Crippen LogP contribution >= 0.6 is 0 Å². The molecule has 1 heteroatoms. The number of aryl methyl sites for hydroxylation is 2. The molecule has 0 atom stereocenters. The van der Waals surface area contributed by atoms with Crippen molar-refractivity contribution in [1.29, 1.82) is 0 Å². The zero-order chi connectivity index (χ0) is 15.9. The van der Waals surface area contributed by atoms with Crippen molar-refractivity contribution in [2.24, 2.45) is 0 Å². The molecule has 1 nitrogen and oxygen atoms in total. The second-order valence-corrected chi connectivity index (χ2v) is 5.12. The first-order valence-corrected chi connectivity index (χ1v) is 7.83. The summed E-state index contributed by atoms with van der Waals surface area (Å²) in [5, 5.41) is 0. The van der Waals surface area contributed by atoms with Gasteiger partial charge in [0, 0.05) is 17.3 Å². The predicted molar refractivity (Wildman–Crippen MR) is 95.9 cm³/mol. The van der Waals surface area contributed by atoms with Gasteiger partial charge in [-0.25, -0.2) is 0 Å². The summed E-state index contributed by atoms with van der Waals surface area (Å²) in [7, 11) is 0. The Labute approximate surface area is 133 Å². The molecule has 1 aromatic heterocycles. The molecule has 3 rings (SSSR count). The minimum absolute atomic E-state index is 1.03. The van der Waals surface area contributed by atoms with E-state index in [1.54, 1.807) is 0 Å². The highest BCUT2D eigenvalue weighted by Crippen LogP contribution is 2.26. The van der Waals surface area contributed by atoms with Crippen molar-refractivity contribution < 1.29 is 0 Å². The molecule has 0 N–H and O–H groups in total. The van der Waals surface area contributed by atoms with Crippen molar-refractivity contribution in [2.45, 2.75) is 27.7 Å². The first-order chi connectivity index (χ1) is 10.7. The van der Waals surface area contributed by atoms with E-state index in [9.17, 15) is 0 Å². The molecule has 0 aliphatic carbocycles. The maximum absolute atomic E-state index is 4.62. The van der Waals surface area contributed by atoms with Gasteiger partial charge < -0.3 is 0 Å². The van der Waals surface area contributed by atoms with Gasteiger partial charge in [0.1, 0.15) is 0 Å². The number of hydrogen-bond acceptors (Lipinski definition) is 1. The Bertz CT molecular complexity index is 713. The smallest absolute Gasteiger partial charge is 0.0705 e. The van der Waals surface area contributed by atoms with Crippen LogP contribution in [-0.2, 0) is 0 Å². The van der Waals surface area contributed by atoms with E-state index in [-0.39, 0.29) is 0 Å². The summed E-state index contributed by atoms with van der Waals surface area (Å²) in [5.41, 5.74) is 7.13. The third-order valence-corrected chi connectivity index (χ3v) is 3.54. The Kier molecular flexibility index (Phi) is 5.48. The standard InChI is InChI=1S/C19H17N.C2H6/c1-14-8-10-17(11-9-14)19-12-15(2)18(13-20-19)16-6-4-3-5-7-16;1-2/h3-13H,1-2H3;1-2H3. The lowest BCUT2D eigenvalue weighted by Crippen LogP contribution is -1.89. The zero-order valence-electron chi connectivity index (χ0n) is 13.8. The van der Waals surface area contributed by atoms with Crippen molar-refractivity contribution in [2.75, 3.05) is 0 Å². The SMILES string of the molecule is CC.Cc1ccc(-c2cc(C)c(-c3ccccc3)cn2)cc1. The molecule has 0 aliphatic heterocycles. The summed E-state index contributed by atoms with van der Waals surface area (Å²) in [4.78, 5) is 4.62. The molecule has 0 saturated carbocycles. The van der Waals surface area contributed by atoms with Gasteiger partial charge in [-0.15, -0.1) is 0 Å². The van der Waals surface area contributed by atoms with Gasteiger partial charge >= 0.3 is 0 Å². The summed E-state index contributed by atoms with van der Waals surface area (Å²) in [6.45, 7) is 8.24. The van der Waals surface area contributed by atoms with E-state index in [0.717, 1.165) is 5.69 Å². The van der Waals surface area contributed by atoms with Crippen molar-refractivity contribution in [3.8, 4) is 22.4 Å². The molecule has 0 fully saturated rings. The molecule has 0 spiro atoms. The molecule has 2 aromatic carbocycles. The third-order valence-electron chi connectivity index (χ3n) is 3.54. The number of aromatic nitrogens is 1. The highest BCUT2D eigenvalue weighted by molar-refractivity contribution is 5.70. The Hall–Kier alpha value is -2.41. The predicted octanol–water partition coefficient (Wildman–Crippen LogP) is 6.06. The van der Waals surface area contributed by atoms with Gasteiger partial charge in [-0.2, -0.15) is 0 Å². The summed E-state index contributed by atoms with van der Waals surface area (Å²) in [5.74, 6) is 0. The van der Waals surface area contributed by atoms with Gasteiger partial charge in [-0.05, 0) is 31.0 Å². The average Bonchev–Trinajstić information content (AvgIpc) is 2.58. The van der Waals surface area contributed by atoms with Crippen molar-refractivity contribution >= 4 is 0 Å². The van der Waals surface area contributed by atoms with E-state index in [4.69, 9.17) is 0 Å². The Balaban J connectivity index is 0.000000847. The summed E-state index contributed by atoms with van der Waals surface area (Å²) in [6, 6.07) is 21.0. The quantitative estimate of drug-likeness (QED) is 0.559. The number of rotatable bonds is 2. The van der Waals surface area contributed by atoms with Crippen LogP contribution in [0.15, 0.2) is 66.9 Å². The molecule has 0 saturated heterocycles. The fourth-order valence-corrected chi connectivity index (χ4v) is 2.36. The van der Waals surface area contributed by atoms with Gasteiger partial charge in [-0.3, -0.25) is 4.98 Å². The second kappa shape index (κ2) is 7.56. The molecule has 3 aromatic rings. The lowest BCUT2D eigenvalue weighted by Gasteiger charge is -2.08. The molecular formula is C21H23N. The van der Waals surface area contributed by atoms with Gasteiger partial charge in [0.2, 0.25) is 0 Å². The minimum Gasteiger partial charge on any atom is -0.256 e. The average molecular weight is 289 g/mol. The van der Waals surface area contributed by atoms with Crippen molar-refractivity contribution in [1.82, 2.24) is 4.98 Å². The molecular weight excluding hydrogens is 266 g/mol. The second-order valence-electron chi connectivity index (χ2n) is 5.12. The topological polar surface area (TPSA) is 12.9 Å². The van der Waals surface area contributed by atoms with E-state index < -0.39 is 0 Å². The molecule has 22 heavy (non-hydrogen) atoms. The van der Waals surface area contributed by atoms with E-state index in [2.05, 4.69) is 73.4 Å². The van der Waals surface area contributed by atoms with Crippen LogP contribution in [0, 0.1) is 13.8 Å². The largest absolute Gasteiger partial charge is 0.256 e. The molecule has 0 amide bonds. The Morgan fingerprint density at radius 3 is 1.95 bits per heavy atom. The molecule has 1 heterocycles. The van der Waals surface area contributed by atoms with Crippen LogP contribution in [0.25, 0.3) is 22.4 Å². The van der Waals surface area contributed by atoms with E-state index >= 15 is 0 Å². The maximum Gasteiger partial charge on any atom is 0.0705 e. The fourth-order valence-electron chi connectivity index (χ4n) is 2.36. The molecule has 112 valence electrons. The van der Waals surface area contributed by atoms with Gasteiger partial charge in [0.05, 0.1) is 5.69 Å². The number of nitrogens with zero attached hydrogens (tertiary/aromatic N) is 1. The maximum atomic E-state index is 4.62. The molecule has 0 aliphatic rings. The van der Waals surface area contributed by atoms with Crippen molar-refractivity contribution in [3.63, 3.8) is 0 Å². The monoisotopic (exact) mass is 289 g/mol. The molecule has 0 unspecified atom stereocenters. The number of pyridine rings is 1. The highest BCUT2D eigenvalue weighted by atomic mass is 14.7. The van der Waals surface area contributed by atoms with Gasteiger partial charge in [-0.1, -0.05) is 74.0 Å². The van der Waals surface area contributed by atoms with E-state index in [0.29, 0.717) is 0 Å². The normalized spacial score (nSPS) is 9.82. The van der Waals surface area contributed by atoms with Crippen LogP contribution in [0.2, 0.25) is 0 Å². The summed E-state index contributed by atoms with van der Waals surface area (Å²) in [6.07, 6.45) is 1.97. The third kappa shape index (κ3) is 3.62. The molecule has 0 bridgehead atoms. The van der Waals surface area contributed by atoms with Crippen LogP contribution in [0.1, 0.15) is 25.0 Å². The summed E-state index contributed by atoms with van der Waals surface area (Å²) >= 11 is 0. The Morgan fingerprint density at radius 1 is 0.727 bits per heavy atom. The van der Waals surface area contributed by atoms with Crippen LogP contribution in [-0.4, -0.2) is 4.98 Å². The first kappa shape index (κ1) is 16.0. The van der Waals surface area contributed by atoms with Gasteiger partial charge in [0.25, 0.3) is 0 Å². The lowest BCUT2D eigenvalue weighted by molar-refractivity contribution is 1.28. The molecule has 0 radical (unpaired) electrons. The van der Waals surface area contributed by atoms with E-state index in [1.807, 2.05) is 26.1 Å². The highest BCUT2D eigenvalue weighted by Gasteiger charge is 2.05. The van der Waals surface area contributed by atoms with Crippen LogP contribution in [0.4, 0.5) is 0 Å². The van der Waals surface area contributed by atoms with Crippen LogP contribution < -0.4 is 0 Å². The van der Waals surface area contributed by atoms with Crippen molar-refractivity contribution in [3.05, 3.63) is 78.0 Å². The minimum atomic E-state index is 1.03. The lowest BCUT2D eigenvalue weighted by atomic mass is 10.0. The first-order valence-electron chi connectivity index (χ1n) is 7.83. The number of hydrogen-bond donors (Lipinski definition) is 0. The number of benzene rings is 2.